The van der Waals surface area contributed by atoms with Crippen LogP contribution in [0.25, 0.3) is 44.3 Å². The Balaban J connectivity index is 1.04. The summed E-state index contributed by atoms with van der Waals surface area (Å²) in [6.45, 7) is 0. The third-order valence-electron chi connectivity index (χ3n) is 10.4. The molecule has 5 nitrogen and oxygen atoms in total. The molecule has 7 aromatic rings. The number of benzene rings is 6. The van der Waals surface area contributed by atoms with Crippen LogP contribution in [0.2, 0.25) is 0 Å². The monoisotopic (exact) mass is 710 g/mol. The molecule has 1 aliphatic heterocycles. The Labute approximate surface area is 320 Å². The largest absolute Gasteiger partial charge is 0.421 e. The molecular formula is C50H38N4O. The minimum atomic E-state index is -0.0608. The molecule has 5 heteroatoms. The molecule has 1 aliphatic carbocycles. The minimum Gasteiger partial charge on any atom is -0.421 e. The van der Waals surface area contributed by atoms with Gasteiger partial charge in [-0.3, -0.25) is 15.8 Å². The summed E-state index contributed by atoms with van der Waals surface area (Å²) in [7, 11) is 0. The predicted molar refractivity (Wildman–Crippen MR) is 228 cm³/mol. The first-order chi connectivity index (χ1) is 27.1. The molecular weight excluding hydrogens is 673 g/mol. The minimum absolute atomic E-state index is 0.0557. The van der Waals surface area contributed by atoms with Crippen molar-refractivity contribution in [3.63, 3.8) is 0 Å². The average molecular weight is 711 g/mol. The highest BCUT2D eigenvalue weighted by molar-refractivity contribution is 6.12. The number of ether oxygens (including phenoxy) is 1. The van der Waals surface area contributed by atoms with Crippen LogP contribution >= 0.6 is 0 Å². The first-order valence-electron chi connectivity index (χ1n) is 18.6. The molecule has 0 bridgehead atoms. The Morgan fingerprint density at radius 2 is 1.33 bits per heavy atom. The fourth-order valence-electron chi connectivity index (χ4n) is 7.66. The fraction of sp³-hybridized carbons (Fsp3) is 0.0600. The molecule has 264 valence electrons. The van der Waals surface area contributed by atoms with E-state index in [2.05, 4.69) is 120 Å². The predicted octanol–water partition coefficient (Wildman–Crippen LogP) is 12.1. The Morgan fingerprint density at radius 1 is 0.636 bits per heavy atom. The number of aliphatic imine (C=N–C) groups is 1. The number of hydrogen-bond acceptors (Lipinski definition) is 4. The molecule has 9 rings (SSSR count). The highest BCUT2D eigenvalue weighted by atomic mass is 16.5. The lowest BCUT2D eigenvalue weighted by Crippen LogP contribution is -2.15. The summed E-state index contributed by atoms with van der Waals surface area (Å²) in [6.07, 6.45) is 12.7. The average Bonchev–Trinajstić information content (AvgIpc) is 3.41. The molecule has 0 fully saturated rings. The van der Waals surface area contributed by atoms with E-state index in [-0.39, 0.29) is 17.7 Å². The summed E-state index contributed by atoms with van der Waals surface area (Å²) in [5, 5.41) is 19.9. The van der Waals surface area contributed by atoms with E-state index < -0.39 is 0 Å². The van der Waals surface area contributed by atoms with Crippen LogP contribution in [0, 0.1) is 16.7 Å². The van der Waals surface area contributed by atoms with Gasteiger partial charge in [0.2, 0.25) is 11.8 Å². The third-order valence-corrected chi connectivity index (χ3v) is 10.4. The summed E-state index contributed by atoms with van der Waals surface area (Å²) in [5.74, 6) is -0.0593. The molecule has 1 aromatic heterocycles. The van der Waals surface area contributed by atoms with E-state index in [1.165, 1.54) is 32.9 Å². The molecule has 0 saturated heterocycles. The standard InChI is InChI=1S/C50H38N4O/c51-49(37-16-6-2-7-17-37)55-50(52)43-22-11-10-20-41(43)39-28-30-45(35-14-4-1-5-15-35)53-46(33-39)36-26-24-34(25-27-36)38-29-31-48-44(32-38)42-21-12-13-23-47(42)54(48)40-18-8-3-9-19-40/h1-26,29-33,36,51-52H,27-28H2. The van der Waals surface area contributed by atoms with Crippen molar-refractivity contribution in [3.05, 3.63) is 216 Å². The zero-order valence-electron chi connectivity index (χ0n) is 30.2. The van der Waals surface area contributed by atoms with Gasteiger partial charge in [-0.05, 0) is 95.3 Å². The molecule has 6 aromatic carbocycles. The van der Waals surface area contributed by atoms with Gasteiger partial charge in [-0.2, -0.15) is 0 Å². The third kappa shape index (κ3) is 6.68. The Hall–Kier alpha value is -7.11. The highest BCUT2D eigenvalue weighted by Crippen LogP contribution is 2.37. The highest BCUT2D eigenvalue weighted by Gasteiger charge is 2.22. The maximum Gasteiger partial charge on any atom is 0.221 e. The lowest BCUT2D eigenvalue weighted by atomic mass is 9.87. The van der Waals surface area contributed by atoms with Gasteiger partial charge in [-0.25, -0.2) is 0 Å². The maximum absolute atomic E-state index is 8.93. The molecule has 0 spiro atoms. The Morgan fingerprint density at radius 3 is 2.11 bits per heavy atom. The van der Waals surface area contributed by atoms with Gasteiger partial charge in [0.1, 0.15) is 0 Å². The zero-order valence-corrected chi connectivity index (χ0v) is 30.2. The van der Waals surface area contributed by atoms with E-state index in [0.29, 0.717) is 17.5 Å². The van der Waals surface area contributed by atoms with E-state index in [9.17, 15) is 0 Å². The van der Waals surface area contributed by atoms with Crippen LogP contribution in [0.5, 0.6) is 0 Å². The Kier molecular flexibility index (Phi) is 9.02. The number of rotatable bonds is 7. The van der Waals surface area contributed by atoms with E-state index in [4.69, 9.17) is 20.5 Å². The normalized spacial score (nSPS) is 15.5. The lowest BCUT2D eigenvalue weighted by molar-refractivity contribution is 0.538. The van der Waals surface area contributed by atoms with Crippen molar-refractivity contribution in [2.24, 2.45) is 10.9 Å². The molecule has 0 saturated carbocycles. The van der Waals surface area contributed by atoms with Crippen LogP contribution in [0.15, 0.2) is 193 Å². The Bertz CT molecular complexity index is 2750. The van der Waals surface area contributed by atoms with Crippen LogP contribution < -0.4 is 0 Å². The topological polar surface area (TPSA) is 74.2 Å². The number of para-hydroxylation sites is 2. The van der Waals surface area contributed by atoms with E-state index >= 15 is 0 Å². The van der Waals surface area contributed by atoms with Gasteiger partial charge in [-0.15, -0.1) is 0 Å². The van der Waals surface area contributed by atoms with Gasteiger partial charge >= 0.3 is 0 Å². The molecule has 2 heterocycles. The van der Waals surface area contributed by atoms with Crippen LogP contribution in [0.3, 0.4) is 0 Å². The first kappa shape index (κ1) is 33.7. The lowest BCUT2D eigenvalue weighted by Gasteiger charge is -2.19. The van der Waals surface area contributed by atoms with Crippen molar-refractivity contribution in [1.29, 1.82) is 10.8 Å². The molecule has 2 N–H and O–H groups in total. The smallest absolute Gasteiger partial charge is 0.221 e. The van der Waals surface area contributed by atoms with Gasteiger partial charge < -0.3 is 9.30 Å². The second-order valence-corrected chi connectivity index (χ2v) is 13.8. The van der Waals surface area contributed by atoms with Crippen molar-refractivity contribution in [1.82, 2.24) is 4.57 Å². The van der Waals surface area contributed by atoms with E-state index in [1.54, 1.807) is 0 Å². The van der Waals surface area contributed by atoms with Crippen molar-refractivity contribution in [3.8, 4) is 5.69 Å². The van der Waals surface area contributed by atoms with Crippen LogP contribution in [-0.2, 0) is 4.74 Å². The quantitative estimate of drug-likeness (QED) is 0.125. The maximum atomic E-state index is 8.93. The number of nitrogens with one attached hydrogen (secondary N) is 2. The summed E-state index contributed by atoms with van der Waals surface area (Å²) in [6, 6.07) is 53.4. The van der Waals surface area contributed by atoms with Crippen molar-refractivity contribution in [2.75, 3.05) is 0 Å². The summed E-state index contributed by atoms with van der Waals surface area (Å²) in [4.78, 5) is 5.31. The van der Waals surface area contributed by atoms with Gasteiger partial charge in [0.15, 0.2) is 0 Å². The first-order valence-corrected chi connectivity index (χ1v) is 18.6. The summed E-state index contributed by atoms with van der Waals surface area (Å²) >= 11 is 0. The van der Waals surface area contributed by atoms with Crippen LogP contribution in [-0.4, -0.2) is 22.1 Å². The summed E-state index contributed by atoms with van der Waals surface area (Å²) in [5.41, 5.74) is 12.1. The van der Waals surface area contributed by atoms with Gasteiger partial charge in [0.25, 0.3) is 0 Å². The SMILES string of the molecule is N=C(OC(=N)c1ccccc1C1=CC(C2C=CC(c3ccc4c(c3)c3ccccc3n4-c3ccccc3)=CC2)=NC(c2ccccc2)=CC1)c1ccccc1. The van der Waals surface area contributed by atoms with E-state index in [0.717, 1.165) is 40.2 Å². The van der Waals surface area contributed by atoms with Gasteiger partial charge in [0, 0.05) is 39.2 Å². The van der Waals surface area contributed by atoms with Crippen molar-refractivity contribution in [2.45, 2.75) is 12.8 Å². The van der Waals surface area contributed by atoms with Crippen molar-refractivity contribution >= 4 is 56.2 Å². The zero-order chi connectivity index (χ0) is 37.1. The van der Waals surface area contributed by atoms with Crippen LogP contribution in [0.1, 0.15) is 40.7 Å². The van der Waals surface area contributed by atoms with E-state index in [1.807, 2.05) is 72.8 Å². The molecule has 1 unspecified atom stereocenters. The molecule has 0 radical (unpaired) electrons. The van der Waals surface area contributed by atoms with Gasteiger partial charge in [-0.1, -0.05) is 133 Å². The number of allylic oxidation sites excluding steroid dienone is 7. The second kappa shape index (κ2) is 14.7. The number of aromatic nitrogens is 1. The van der Waals surface area contributed by atoms with Crippen LogP contribution in [0.4, 0.5) is 0 Å². The number of nitrogens with zero attached hydrogens (tertiary/aromatic N) is 2. The number of hydrogen-bond donors (Lipinski definition) is 2. The molecule has 1 atom stereocenters. The number of fused-ring (bicyclic) bond motifs is 3. The van der Waals surface area contributed by atoms with Gasteiger partial charge in [0.05, 0.1) is 16.7 Å². The molecule has 2 aliphatic rings. The van der Waals surface area contributed by atoms with Crippen molar-refractivity contribution < 1.29 is 4.74 Å². The fourth-order valence-corrected chi connectivity index (χ4v) is 7.66. The second-order valence-electron chi connectivity index (χ2n) is 13.8. The molecule has 0 amide bonds. The molecule has 55 heavy (non-hydrogen) atoms. The summed E-state index contributed by atoms with van der Waals surface area (Å²) < 4.78 is 8.17.